The van der Waals surface area contributed by atoms with Gasteiger partial charge in [-0.2, -0.15) is 0 Å². The van der Waals surface area contributed by atoms with E-state index in [2.05, 4.69) is 10.5 Å². The summed E-state index contributed by atoms with van der Waals surface area (Å²) in [5.74, 6) is -0.117. The van der Waals surface area contributed by atoms with Crippen molar-refractivity contribution in [1.29, 1.82) is 0 Å². The molecule has 0 saturated carbocycles. The molecule has 1 aromatic carbocycles. The molecular weight excluding hydrogens is 304 g/mol. The second kappa shape index (κ2) is 5.98. The van der Waals surface area contributed by atoms with E-state index in [-0.39, 0.29) is 6.61 Å². The maximum atomic E-state index is 11.9. The first-order valence-corrected chi connectivity index (χ1v) is 7.32. The van der Waals surface area contributed by atoms with E-state index in [1.807, 2.05) is 24.3 Å². The van der Waals surface area contributed by atoms with Gasteiger partial charge in [-0.15, -0.1) is 11.3 Å². The summed E-state index contributed by atoms with van der Waals surface area (Å²) < 4.78 is 10.8. The molecule has 0 aliphatic carbocycles. The molecule has 0 aliphatic rings. The van der Waals surface area contributed by atoms with Crippen molar-refractivity contribution in [3.63, 3.8) is 0 Å². The number of esters is 1. The van der Waals surface area contributed by atoms with Crippen LogP contribution >= 0.6 is 11.3 Å². The average Bonchev–Trinajstić information content (AvgIpc) is 3.10. The minimum absolute atomic E-state index is 0.292. The first kappa shape index (κ1) is 14.3. The van der Waals surface area contributed by atoms with E-state index in [4.69, 9.17) is 9.26 Å². The number of aryl methyl sites for hydroxylation is 1. The van der Waals surface area contributed by atoms with E-state index < -0.39 is 11.9 Å². The van der Waals surface area contributed by atoms with Crippen LogP contribution in [0.15, 0.2) is 40.9 Å². The fourth-order valence-electron chi connectivity index (χ4n) is 1.89. The van der Waals surface area contributed by atoms with Gasteiger partial charge in [0.25, 0.3) is 5.91 Å². The first-order chi connectivity index (χ1) is 10.6. The molecule has 2 aromatic heterocycles. The van der Waals surface area contributed by atoms with Crippen molar-refractivity contribution >= 4 is 39.1 Å². The van der Waals surface area contributed by atoms with Crippen LogP contribution in [-0.2, 0) is 9.53 Å². The Morgan fingerprint density at radius 1 is 1.32 bits per heavy atom. The Labute approximate surface area is 129 Å². The zero-order chi connectivity index (χ0) is 15.5. The zero-order valence-corrected chi connectivity index (χ0v) is 12.5. The van der Waals surface area contributed by atoms with E-state index in [0.717, 1.165) is 10.1 Å². The third kappa shape index (κ3) is 3.15. The Kier molecular flexibility index (Phi) is 3.88. The number of rotatable bonds is 4. The fourth-order valence-corrected chi connectivity index (χ4v) is 2.85. The van der Waals surface area contributed by atoms with Gasteiger partial charge < -0.3 is 14.6 Å². The summed E-state index contributed by atoms with van der Waals surface area (Å²) in [7, 11) is 0. The van der Waals surface area contributed by atoms with Gasteiger partial charge in [-0.1, -0.05) is 23.4 Å². The summed E-state index contributed by atoms with van der Waals surface area (Å²) in [6.07, 6.45) is 0. The number of carbonyl (C=O) groups excluding carboxylic acids is 2. The van der Waals surface area contributed by atoms with Crippen LogP contribution in [0.3, 0.4) is 0 Å². The predicted octanol–water partition coefficient (Wildman–Crippen LogP) is 2.99. The largest absolute Gasteiger partial charge is 0.451 e. The summed E-state index contributed by atoms with van der Waals surface area (Å²) in [4.78, 5) is 24.1. The molecule has 3 rings (SSSR count). The van der Waals surface area contributed by atoms with E-state index >= 15 is 0 Å². The monoisotopic (exact) mass is 316 g/mol. The molecule has 0 unspecified atom stereocenters. The van der Waals surface area contributed by atoms with Gasteiger partial charge in [0.15, 0.2) is 12.4 Å². The topological polar surface area (TPSA) is 81.4 Å². The summed E-state index contributed by atoms with van der Waals surface area (Å²) in [5, 5.41) is 7.08. The van der Waals surface area contributed by atoms with Crippen LogP contribution in [0.2, 0.25) is 0 Å². The average molecular weight is 316 g/mol. The minimum atomic E-state index is -0.521. The second-order valence-electron chi connectivity index (χ2n) is 4.60. The highest BCUT2D eigenvalue weighted by Gasteiger charge is 2.14. The van der Waals surface area contributed by atoms with Crippen LogP contribution in [0.4, 0.5) is 5.82 Å². The van der Waals surface area contributed by atoms with Crippen molar-refractivity contribution in [2.75, 3.05) is 11.9 Å². The van der Waals surface area contributed by atoms with Crippen molar-refractivity contribution in [3.8, 4) is 0 Å². The number of amides is 1. The van der Waals surface area contributed by atoms with Gasteiger partial charge in [-0.05, 0) is 24.4 Å². The Bertz CT molecular complexity index is 804. The van der Waals surface area contributed by atoms with Crippen molar-refractivity contribution in [3.05, 3.63) is 47.0 Å². The van der Waals surface area contributed by atoms with Crippen molar-refractivity contribution in [1.82, 2.24) is 5.16 Å². The van der Waals surface area contributed by atoms with Gasteiger partial charge >= 0.3 is 5.97 Å². The van der Waals surface area contributed by atoms with Crippen LogP contribution in [0, 0.1) is 6.92 Å². The molecule has 0 spiro atoms. The number of fused-ring (bicyclic) bond motifs is 1. The Morgan fingerprint density at radius 3 is 2.86 bits per heavy atom. The van der Waals surface area contributed by atoms with E-state index in [1.165, 1.54) is 11.3 Å². The number of benzene rings is 1. The lowest BCUT2D eigenvalue weighted by Gasteiger charge is -2.02. The first-order valence-electron chi connectivity index (χ1n) is 6.51. The molecule has 6 nitrogen and oxygen atoms in total. The van der Waals surface area contributed by atoms with Crippen molar-refractivity contribution in [2.24, 2.45) is 0 Å². The summed E-state index contributed by atoms with van der Waals surface area (Å²) in [5.41, 5.74) is 0. The molecule has 112 valence electrons. The van der Waals surface area contributed by atoms with Crippen LogP contribution in [0.5, 0.6) is 0 Å². The summed E-state index contributed by atoms with van der Waals surface area (Å²) in [6, 6.07) is 11.0. The van der Waals surface area contributed by atoms with Gasteiger partial charge in [0.1, 0.15) is 10.6 Å². The molecule has 22 heavy (non-hydrogen) atoms. The number of hydrogen-bond donors (Lipinski definition) is 1. The molecule has 1 N–H and O–H groups in total. The Morgan fingerprint density at radius 2 is 2.14 bits per heavy atom. The molecule has 0 aliphatic heterocycles. The van der Waals surface area contributed by atoms with Crippen molar-refractivity contribution in [2.45, 2.75) is 6.92 Å². The normalized spacial score (nSPS) is 10.6. The number of hydrogen-bond acceptors (Lipinski definition) is 6. The molecule has 7 heteroatoms. The van der Waals surface area contributed by atoms with Crippen LogP contribution in [0.1, 0.15) is 15.4 Å². The smallest absolute Gasteiger partial charge is 0.348 e. The predicted molar refractivity (Wildman–Crippen MR) is 82.0 cm³/mol. The highest BCUT2D eigenvalue weighted by Crippen LogP contribution is 2.25. The second-order valence-corrected chi connectivity index (χ2v) is 5.68. The summed E-state index contributed by atoms with van der Waals surface area (Å²) in [6.45, 7) is 1.34. The van der Waals surface area contributed by atoms with E-state index in [0.29, 0.717) is 16.5 Å². The maximum absolute atomic E-state index is 11.9. The molecule has 0 fully saturated rings. The molecule has 0 atom stereocenters. The van der Waals surface area contributed by atoms with E-state index in [9.17, 15) is 9.59 Å². The molecular formula is C15H12N2O4S. The number of anilines is 1. The fraction of sp³-hybridized carbons (Fsp3) is 0.133. The van der Waals surface area contributed by atoms with Crippen LogP contribution in [-0.4, -0.2) is 23.6 Å². The van der Waals surface area contributed by atoms with Gasteiger partial charge in [0.05, 0.1) is 0 Å². The molecule has 0 bridgehead atoms. The quantitative estimate of drug-likeness (QED) is 0.748. The Balaban J connectivity index is 1.58. The van der Waals surface area contributed by atoms with Gasteiger partial charge in [0, 0.05) is 10.8 Å². The van der Waals surface area contributed by atoms with Crippen LogP contribution in [0.25, 0.3) is 10.1 Å². The maximum Gasteiger partial charge on any atom is 0.348 e. The number of carbonyl (C=O) groups is 2. The van der Waals surface area contributed by atoms with Gasteiger partial charge in [-0.3, -0.25) is 4.79 Å². The molecule has 1 amide bonds. The lowest BCUT2D eigenvalue weighted by molar-refractivity contribution is -0.119. The van der Waals surface area contributed by atoms with E-state index in [1.54, 1.807) is 19.1 Å². The third-order valence-corrected chi connectivity index (χ3v) is 3.95. The Hall–Kier alpha value is -2.67. The summed E-state index contributed by atoms with van der Waals surface area (Å²) >= 11 is 1.33. The highest BCUT2D eigenvalue weighted by molar-refractivity contribution is 7.20. The number of nitrogens with one attached hydrogen (secondary N) is 1. The minimum Gasteiger partial charge on any atom is -0.451 e. The lowest BCUT2D eigenvalue weighted by atomic mass is 10.2. The highest BCUT2D eigenvalue weighted by atomic mass is 32.1. The number of aromatic nitrogens is 1. The third-order valence-electron chi connectivity index (χ3n) is 2.86. The van der Waals surface area contributed by atoms with Crippen LogP contribution < -0.4 is 5.32 Å². The SMILES string of the molecule is Cc1cc(NC(=O)COC(=O)c2cc3ccccc3s2)no1. The molecule has 0 radical (unpaired) electrons. The van der Waals surface area contributed by atoms with Crippen molar-refractivity contribution < 1.29 is 18.8 Å². The molecule has 3 aromatic rings. The van der Waals surface area contributed by atoms with Gasteiger partial charge in [0.2, 0.25) is 0 Å². The number of ether oxygens (including phenoxy) is 1. The molecule has 0 saturated heterocycles. The number of nitrogens with zero attached hydrogens (tertiary/aromatic N) is 1. The van der Waals surface area contributed by atoms with Gasteiger partial charge in [-0.25, -0.2) is 4.79 Å². The number of thiophene rings is 1. The lowest BCUT2D eigenvalue weighted by Crippen LogP contribution is -2.20. The standard InChI is InChI=1S/C15H12N2O4S/c1-9-6-13(17-21-9)16-14(18)8-20-15(19)12-7-10-4-2-3-5-11(10)22-12/h2-7H,8H2,1H3,(H,16,17,18). The zero-order valence-electron chi connectivity index (χ0n) is 11.7. The molecule has 2 heterocycles.